The van der Waals surface area contributed by atoms with Crippen molar-refractivity contribution in [2.75, 3.05) is 74.5 Å². The Bertz CT molecular complexity index is 2330. The summed E-state index contributed by atoms with van der Waals surface area (Å²) in [6, 6.07) is 23.7. The molecule has 0 saturated carbocycles. The first-order valence-corrected chi connectivity index (χ1v) is 22.8. The molecule has 11 heteroatoms. The minimum atomic E-state index is -0.660. The molecule has 1 fully saturated rings. The van der Waals surface area contributed by atoms with E-state index in [0.29, 0.717) is 55.1 Å². The number of hydrogen-bond acceptors (Lipinski definition) is 10. The van der Waals surface area contributed by atoms with Crippen molar-refractivity contribution in [2.24, 2.45) is 11.8 Å². The molecule has 1 N–H and O–H groups in total. The Hall–Kier alpha value is -5.07. The quantitative estimate of drug-likeness (QED) is 0.104. The number of carbonyl (C=O) groups is 1. The third-order valence-electron chi connectivity index (χ3n) is 14.4. The molecule has 0 aromatic heterocycles. The van der Waals surface area contributed by atoms with Gasteiger partial charge in [0, 0.05) is 38.0 Å². The van der Waals surface area contributed by atoms with Gasteiger partial charge in [-0.05, 0) is 124 Å². The van der Waals surface area contributed by atoms with Gasteiger partial charge in [0.05, 0.1) is 60.9 Å². The number of carbonyl (C=O) groups excluding carboxylic acids is 1. The summed E-state index contributed by atoms with van der Waals surface area (Å²) in [7, 11) is 6.75. The van der Waals surface area contributed by atoms with Crippen LogP contribution in [0.1, 0.15) is 89.6 Å². The van der Waals surface area contributed by atoms with Crippen LogP contribution in [0.3, 0.4) is 0 Å². The molecular formula is C52H62N2O9. The number of ether oxygens (including phenoxy) is 7. The maximum Gasteiger partial charge on any atom is 0.289 e. The van der Waals surface area contributed by atoms with Crippen molar-refractivity contribution in [1.29, 1.82) is 0 Å². The van der Waals surface area contributed by atoms with Gasteiger partial charge in [-0.1, -0.05) is 55.8 Å². The smallest absolute Gasteiger partial charge is 0.289 e. The number of rotatable bonds is 15. The van der Waals surface area contributed by atoms with E-state index in [9.17, 15) is 5.11 Å². The van der Waals surface area contributed by atoms with E-state index in [1.54, 1.807) is 28.4 Å². The van der Waals surface area contributed by atoms with Gasteiger partial charge >= 0.3 is 0 Å². The van der Waals surface area contributed by atoms with Crippen molar-refractivity contribution in [3.8, 4) is 34.1 Å². The highest BCUT2D eigenvalue weighted by Crippen LogP contribution is 2.50. The van der Waals surface area contributed by atoms with E-state index < -0.39 is 6.29 Å². The van der Waals surface area contributed by atoms with Crippen molar-refractivity contribution in [3.05, 3.63) is 118 Å². The number of aliphatic hydroxyl groups is 1. The summed E-state index contributed by atoms with van der Waals surface area (Å²) in [6.45, 7) is 5.62. The molecule has 0 bridgehead atoms. The van der Waals surface area contributed by atoms with Gasteiger partial charge in [0.25, 0.3) is 5.91 Å². The lowest BCUT2D eigenvalue weighted by atomic mass is 9.72. The van der Waals surface area contributed by atoms with Crippen LogP contribution in [0.5, 0.6) is 23.0 Å². The van der Waals surface area contributed by atoms with E-state index in [0.717, 1.165) is 62.3 Å². The topological polar surface area (TPSA) is 108 Å². The number of aliphatic hydroxyl groups excluding tert-OH is 1. The van der Waals surface area contributed by atoms with E-state index in [1.165, 1.54) is 44.5 Å². The molecule has 0 spiro atoms. The summed E-state index contributed by atoms with van der Waals surface area (Å²) in [5, 5.41) is 9.27. The minimum absolute atomic E-state index is 0.0558. The Morgan fingerprint density at radius 3 is 2.19 bits per heavy atom. The van der Waals surface area contributed by atoms with Crippen LogP contribution in [-0.4, -0.2) is 102 Å². The zero-order valence-electron chi connectivity index (χ0n) is 37.4. The van der Waals surface area contributed by atoms with Crippen LogP contribution >= 0.6 is 0 Å². The summed E-state index contributed by atoms with van der Waals surface area (Å²) in [4.78, 5) is 20.2. The molecule has 63 heavy (non-hydrogen) atoms. The van der Waals surface area contributed by atoms with E-state index in [4.69, 9.17) is 33.2 Å². The SMILES string of the molecule is CC[C@H]1CN2CCc3cc(OC)c(OC)cc3[C@@H]2C[C@@H]1C[C@@H]1c2cc(OC)c(OC)cc2CCN1C(=O)C1=C[C@H](c2cccc3c2Cc2ccccc2-3)C[C@H](OCCOCCO)O1. The van der Waals surface area contributed by atoms with Gasteiger partial charge in [0.1, 0.15) is 0 Å². The summed E-state index contributed by atoms with van der Waals surface area (Å²) in [5.74, 6) is 3.74. The average Bonchev–Trinajstić information content (AvgIpc) is 3.71. The van der Waals surface area contributed by atoms with Gasteiger partial charge in [-0.15, -0.1) is 0 Å². The van der Waals surface area contributed by atoms with Crippen molar-refractivity contribution in [1.82, 2.24) is 9.80 Å². The molecule has 1 aliphatic carbocycles. The van der Waals surface area contributed by atoms with Gasteiger partial charge in [0.15, 0.2) is 28.8 Å². The monoisotopic (exact) mass is 858 g/mol. The van der Waals surface area contributed by atoms with Crippen LogP contribution in [0.2, 0.25) is 0 Å². The molecule has 0 radical (unpaired) electrons. The molecule has 1 saturated heterocycles. The number of fused-ring (bicyclic) bond motifs is 7. The van der Waals surface area contributed by atoms with Crippen LogP contribution < -0.4 is 18.9 Å². The molecule has 4 aliphatic heterocycles. The summed E-state index contributed by atoms with van der Waals surface area (Å²) in [5.41, 5.74) is 11.2. The number of amides is 1. The first-order valence-electron chi connectivity index (χ1n) is 22.8. The number of hydrogen-bond donors (Lipinski definition) is 1. The molecule has 9 rings (SSSR count). The van der Waals surface area contributed by atoms with Crippen LogP contribution in [0.4, 0.5) is 0 Å². The maximum absolute atomic E-state index is 15.5. The van der Waals surface area contributed by atoms with E-state index in [1.807, 2.05) is 0 Å². The number of benzene rings is 4. The molecule has 334 valence electrons. The normalized spacial score (nSPS) is 23.6. The van der Waals surface area contributed by atoms with E-state index in [2.05, 4.69) is 89.5 Å². The zero-order chi connectivity index (χ0) is 43.6. The first kappa shape index (κ1) is 43.2. The van der Waals surface area contributed by atoms with Crippen molar-refractivity contribution in [3.63, 3.8) is 0 Å². The Morgan fingerprint density at radius 1 is 0.746 bits per heavy atom. The average molecular weight is 859 g/mol. The number of allylic oxidation sites excluding steroid dienone is 1. The predicted octanol–water partition coefficient (Wildman–Crippen LogP) is 8.19. The zero-order valence-corrected chi connectivity index (χ0v) is 37.4. The van der Waals surface area contributed by atoms with Gasteiger partial charge in [-0.2, -0.15) is 0 Å². The molecule has 11 nitrogen and oxygen atoms in total. The van der Waals surface area contributed by atoms with Crippen LogP contribution in [0.15, 0.2) is 78.6 Å². The van der Waals surface area contributed by atoms with Gasteiger partial charge < -0.3 is 43.2 Å². The second-order valence-corrected chi connectivity index (χ2v) is 17.6. The molecule has 6 atom stereocenters. The van der Waals surface area contributed by atoms with E-state index in [-0.39, 0.29) is 43.7 Å². The Morgan fingerprint density at radius 2 is 1.44 bits per heavy atom. The number of piperidine rings is 1. The molecule has 4 aromatic rings. The molecule has 1 amide bonds. The second-order valence-electron chi connectivity index (χ2n) is 17.6. The summed E-state index contributed by atoms with van der Waals surface area (Å²) in [6.07, 6.45) is 7.26. The third kappa shape index (κ3) is 8.41. The fraction of sp³-hybridized carbons (Fsp3) is 0.481. The van der Waals surface area contributed by atoms with Crippen molar-refractivity contribution < 1.29 is 43.1 Å². The number of methoxy groups -OCH3 is 4. The lowest BCUT2D eigenvalue weighted by Crippen LogP contribution is -2.48. The largest absolute Gasteiger partial charge is 0.493 e. The fourth-order valence-corrected chi connectivity index (χ4v) is 11.3. The lowest BCUT2D eigenvalue weighted by molar-refractivity contribution is -0.158. The maximum atomic E-state index is 15.5. The fourth-order valence-electron chi connectivity index (χ4n) is 11.3. The Balaban J connectivity index is 1.07. The molecular weight excluding hydrogens is 797 g/mol. The highest BCUT2D eigenvalue weighted by Gasteiger charge is 2.44. The van der Waals surface area contributed by atoms with Crippen LogP contribution in [-0.2, 0) is 38.3 Å². The van der Waals surface area contributed by atoms with E-state index >= 15 is 4.79 Å². The molecule has 4 heterocycles. The molecule has 4 aromatic carbocycles. The van der Waals surface area contributed by atoms with Gasteiger partial charge in [0.2, 0.25) is 6.29 Å². The summed E-state index contributed by atoms with van der Waals surface area (Å²) >= 11 is 0. The van der Waals surface area contributed by atoms with Crippen molar-refractivity contribution >= 4 is 5.91 Å². The van der Waals surface area contributed by atoms with Gasteiger partial charge in [-0.3, -0.25) is 9.69 Å². The molecule has 0 unspecified atom stereocenters. The highest BCUT2D eigenvalue weighted by atomic mass is 16.7. The van der Waals surface area contributed by atoms with Crippen LogP contribution in [0, 0.1) is 11.8 Å². The second kappa shape index (κ2) is 19.0. The van der Waals surface area contributed by atoms with Gasteiger partial charge in [-0.25, -0.2) is 0 Å². The predicted molar refractivity (Wildman–Crippen MR) is 241 cm³/mol. The minimum Gasteiger partial charge on any atom is -0.493 e. The standard InChI is InChI=1S/C52H62N2O9/c1-6-32-31-53-16-14-34-25-46(57-2)48(59-4)29-41(34)44(53)23-36(32)24-45-42-30-49(60-5)47(58-3)26-35(42)15-17-54(45)52(56)50-27-37(28-51(63-50)62-21-20-61-19-18-55)39-12-9-13-40-38-11-8-7-10-33(38)22-43(39)40/h7-13,25-27,29-30,32,36-37,44-45,51,55H,6,14-24,28,31H2,1-5H3/t32-,36+,37-,44-,45+,51+/m0/s1. The third-order valence-corrected chi connectivity index (χ3v) is 14.4. The summed E-state index contributed by atoms with van der Waals surface area (Å²) < 4.78 is 41.7. The van der Waals surface area contributed by atoms with Crippen LogP contribution in [0.25, 0.3) is 11.1 Å². The molecule has 5 aliphatic rings. The number of nitrogens with zero attached hydrogens (tertiary/aromatic N) is 2. The highest BCUT2D eigenvalue weighted by molar-refractivity contribution is 5.92. The lowest BCUT2D eigenvalue weighted by Gasteiger charge is -2.49. The Labute approximate surface area is 371 Å². The van der Waals surface area contributed by atoms with Crippen molar-refractivity contribution in [2.45, 2.75) is 76.2 Å². The first-order chi connectivity index (χ1) is 30.9. The Kier molecular flexibility index (Phi) is 13.0.